The summed E-state index contributed by atoms with van der Waals surface area (Å²) in [5.74, 6) is 0. The van der Waals surface area contributed by atoms with E-state index in [0.717, 1.165) is 31.0 Å². The first-order valence-electron chi connectivity index (χ1n) is 6.27. The highest BCUT2D eigenvalue weighted by molar-refractivity contribution is 5.32. The minimum Gasteiger partial charge on any atom is -0.318 e. The minimum absolute atomic E-state index is 0.861. The SMILES string of the molecule is CNCCNCc1cn(-c2ccccc2)nc1C. The fourth-order valence-electron chi connectivity index (χ4n) is 1.82. The standard InChI is InChI=1S/C14H20N4/c1-12-13(10-16-9-8-15-2)11-18(17-12)14-6-4-3-5-7-14/h3-7,11,15-16H,8-10H2,1-2H3. The van der Waals surface area contributed by atoms with Gasteiger partial charge in [-0.05, 0) is 26.1 Å². The van der Waals surface area contributed by atoms with Crippen molar-refractivity contribution in [2.24, 2.45) is 0 Å². The summed E-state index contributed by atoms with van der Waals surface area (Å²) in [4.78, 5) is 0. The second kappa shape index (κ2) is 6.33. The third kappa shape index (κ3) is 3.18. The lowest BCUT2D eigenvalue weighted by atomic mass is 10.2. The van der Waals surface area contributed by atoms with Crippen molar-refractivity contribution in [2.45, 2.75) is 13.5 Å². The van der Waals surface area contributed by atoms with Gasteiger partial charge in [-0.25, -0.2) is 4.68 Å². The molecule has 0 radical (unpaired) electrons. The van der Waals surface area contributed by atoms with Gasteiger partial charge in [0.15, 0.2) is 0 Å². The molecule has 1 heterocycles. The van der Waals surface area contributed by atoms with Gasteiger partial charge in [0.2, 0.25) is 0 Å². The van der Waals surface area contributed by atoms with Crippen LogP contribution < -0.4 is 10.6 Å². The van der Waals surface area contributed by atoms with E-state index in [1.807, 2.05) is 29.9 Å². The lowest BCUT2D eigenvalue weighted by Gasteiger charge is -2.02. The van der Waals surface area contributed by atoms with Crippen molar-refractivity contribution in [3.63, 3.8) is 0 Å². The van der Waals surface area contributed by atoms with E-state index in [9.17, 15) is 0 Å². The van der Waals surface area contributed by atoms with E-state index in [1.165, 1.54) is 5.56 Å². The summed E-state index contributed by atoms with van der Waals surface area (Å²) in [6.45, 7) is 4.85. The summed E-state index contributed by atoms with van der Waals surface area (Å²) in [6.07, 6.45) is 2.09. The van der Waals surface area contributed by atoms with E-state index >= 15 is 0 Å². The Morgan fingerprint density at radius 2 is 1.94 bits per heavy atom. The second-order valence-corrected chi connectivity index (χ2v) is 4.30. The van der Waals surface area contributed by atoms with Gasteiger partial charge in [-0.2, -0.15) is 5.10 Å². The van der Waals surface area contributed by atoms with Crippen LogP contribution in [0.5, 0.6) is 0 Å². The van der Waals surface area contributed by atoms with Gasteiger partial charge in [-0.1, -0.05) is 18.2 Å². The third-order valence-electron chi connectivity index (χ3n) is 2.89. The first-order valence-corrected chi connectivity index (χ1v) is 6.27. The summed E-state index contributed by atoms with van der Waals surface area (Å²) in [6, 6.07) is 10.2. The maximum absolute atomic E-state index is 4.54. The van der Waals surface area contributed by atoms with Gasteiger partial charge in [-0.15, -0.1) is 0 Å². The topological polar surface area (TPSA) is 41.9 Å². The molecule has 0 saturated heterocycles. The Morgan fingerprint density at radius 3 is 2.67 bits per heavy atom. The number of aryl methyl sites for hydroxylation is 1. The molecule has 0 aliphatic heterocycles. The van der Waals surface area contributed by atoms with Crippen LogP contribution in [0.2, 0.25) is 0 Å². The predicted molar refractivity (Wildman–Crippen MR) is 73.9 cm³/mol. The van der Waals surface area contributed by atoms with Crippen molar-refractivity contribution in [1.82, 2.24) is 20.4 Å². The molecule has 1 aromatic heterocycles. The van der Waals surface area contributed by atoms with Crippen LogP contribution in [0.15, 0.2) is 36.5 Å². The first kappa shape index (κ1) is 12.8. The summed E-state index contributed by atoms with van der Waals surface area (Å²) >= 11 is 0. The minimum atomic E-state index is 0.861. The Morgan fingerprint density at radius 1 is 1.17 bits per heavy atom. The average Bonchev–Trinajstić information content (AvgIpc) is 2.77. The van der Waals surface area contributed by atoms with Crippen LogP contribution in [0.4, 0.5) is 0 Å². The van der Waals surface area contributed by atoms with Crippen molar-refractivity contribution in [2.75, 3.05) is 20.1 Å². The summed E-state index contributed by atoms with van der Waals surface area (Å²) in [5, 5.41) is 11.0. The third-order valence-corrected chi connectivity index (χ3v) is 2.89. The van der Waals surface area contributed by atoms with Crippen molar-refractivity contribution < 1.29 is 0 Å². The zero-order valence-corrected chi connectivity index (χ0v) is 11.0. The molecule has 0 atom stereocenters. The number of hydrogen-bond donors (Lipinski definition) is 2. The zero-order chi connectivity index (χ0) is 12.8. The highest BCUT2D eigenvalue weighted by Gasteiger charge is 2.05. The van der Waals surface area contributed by atoms with Crippen LogP contribution >= 0.6 is 0 Å². The maximum atomic E-state index is 4.54. The van der Waals surface area contributed by atoms with Gasteiger partial charge >= 0.3 is 0 Å². The first-order chi connectivity index (χ1) is 8.81. The summed E-state index contributed by atoms with van der Waals surface area (Å²) < 4.78 is 1.93. The molecule has 1 aromatic carbocycles. The van der Waals surface area contributed by atoms with E-state index in [4.69, 9.17) is 0 Å². The van der Waals surface area contributed by atoms with Crippen LogP contribution in [0, 0.1) is 6.92 Å². The molecule has 0 spiro atoms. The number of aromatic nitrogens is 2. The largest absolute Gasteiger partial charge is 0.318 e. The van der Waals surface area contributed by atoms with Crippen LogP contribution in [-0.2, 0) is 6.54 Å². The lowest BCUT2D eigenvalue weighted by molar-refractivity contribution is 0.649. The molecule has 96 valence electrons. The predicted octanol–water partition coefficient (Wildman–Crippen LogP) is 1.49. The fourth-order valence-corrected chi connectivity index (χ4v) is 1.82. The highest BCUT2D eigenvalue weighted by atomic mass is 15.3. The number of nitrogens with zero attached hydrogens (tertiary/aromatic N) is 2. The highest BCUT2D eigenvalue weighted by Crippen LogP contribution is 2.11. The number of hydrogen-bond acceptors (Lipinski definition) is 3. The Balaban J connectivity index is 2.03. The van der Waals surface area contributed by atoms with E-state index < -0.39 is 0 Å². The van der Waals surface area contributed by atoms with Crippen molar-refractivity contribution >= 4 is 0 Å². The molecule has 0 saturated carbocycles. The normalized spacial score (nSPS) is 10.8. The van der Waals surface area contributed by atoms with Crippen molar-refractivity contribution in [3.05, 3.63) is 47.8 Å². The van der Waals surface area contributed by atoms with E-state index in [-0.39, 0.29) is 0 Å². The summed E-state index contributed by atoms with van der Waals surface area (Å²) in [5.41, 5.74) is 3.42. The molecule has 2 N–H and O–H groups in total. The van der Waals surface area contributed by atoms with E-state index in [2.05, 4.69) is 41.0 Å². The van der Waals surface area contributed by atoms with Crippen LogP contribution in [0.1, 0.15) is 11.3 Å². The smallest absolute Gasteiger partial charge is 0.0645 e. The molecule has 2 rings (SSSR count). The Hall–Kier alpha value is -1.65. The van der Waals surface area contributed by atoms with Crippen LogP contribution in [0.3, 0.4) is 0 Å². The van der Waals surface area contributed by atoms with Gasteiger partial charge < -0.3 is 10.6 Å². The number of para-hydroxylation sites is 1. The molecular formula is C14H20N4. The van der Waals surface area contributed by atoms with E-state index in [0.29, 0.717) is 0 Å². The molecule has 4 heteroatoms. The molecule has 0 amide bonds. The average molecular weight is 244 g/mol. The van der Waals surface area contributed by atoms with Crippen molar-refractivity contribution in [1.29, 1.82) is 0 Å². The van der Waals surface area contributed by atoms with E-state index in [1.54, 1.807) is 0 Å². The van der Waals surface area contributed by atoms with Gasteiger partial charge in [0.1, 0.15) is 0 Å². The van der Waals surface area contributed by atoms with Crippen LogP contribution in [-0.4, -0.2) is 29.9 Å². The molecule has 0 fully saturated rings. The molecular weight excluding hydrogens is 224 g/mol. The Kier molecular flexibility index (Phi) is 4.50. The quantitative estimate of drug-likeness (QED) is 0.757. The monoisotopic (exact) mass is 244 g/mol. The van der Waals surface area contributed by atoms with Gasteiger partial charge in [0, 0.05) is 31.4 Å². The summed E-state index contributed by atoms with van der Waals surface area (Å²) in [7, 11) is 1.96. The van der Waals surface area contributed by atoms with Crippen LogP contribution in [0.25, 0.3) is 5.69 Å². The molecule has 2 aromatic rings. The molecule has 0 aliphatic rings. The zero-order valence-electron chi connectivity index (χ0n) is 11.0. The maximum Gasteiger partial charge on any atom is 0.0645 e. The van der Waals surface area contributed by atoms with Gasteiger partial charge in [-0.3, -0.25) is 0 Å². The number of rotatable bonds is 6. The number of likely N-dealkylation sites (N-methyl/N-ethyl adjacent to an activating group) is 1. The Labute approximate surface area is 108 Å². The molecule has 18 heavy (non-hydrogen) atoms. The molecule has 0 bridgehead atoms. The molecule has 0 aliphatic carbocycles. The lowest BCUT2D eigenvalue weighted by Crippen LogP contribution is -2.24. The van der Waals surface area contributed by atoms with Crippen molar-refractivity contribution in [3.8, 4) is 5.69 Å². The number of benzene rings is 1. The molecule has 4 nitrogen and oxygen atoms in total. The fraction of sp³-hybridized carbons (Fsp3) is 0.357. The van der Waals surface area contributed by atoms with Gasteiger partial charge in [0.05, 0.1) is 11.4 Å². The number of nitrogens with one attached hydrogen (secondary N) is 2. The Bertz CT molecular complexity index is 476. The molecule has 0 unspecified atom stereocenters. The second-order valence-electron chi connectivity index (χ2n) is 4.30. The van der Waals surface area contributed by atoms with Gasteiger partial charge in [0.25, 0.3) is 0 Å².